The maximum atomic E-state index is 12.0. The average molecular weight is 312 g/mol. The van der Waals surface area contributed by atoms with E-state index < -0.39 is 5.97 Å². The molecule has 2 aromatic rings. The number of anilines is 1. The van der Waals surface area contributed by atoms with Crippen molar-refractivity contribution >= 4 is 17.6 Å². The Morgan fingerprint density at radius 3 is 2.43 bits per heavy atom. The minimum absolute atomic E-state index is 0.159. The number of carbonyl (C=O) groups excluding carboxylic acids is 2. The highest BCUT2D eigenvalue weighted by molar-refractivity contribution is 6.01. The van der Waals surface area contributed by atoms with Crippen molar-refractivity contribution in [3.63, 3.8) is 0 Å². The molecule has 0 aliphatic heterocycles. The summed E-state index contributed by atoms with van der Waals surface area (Å²) in [7, 11) is 0. The molecule has 0 aliphatic rings. The fourth-order valence-electron chi connectivity index (χ4n) is 2.09. The molecule has 2 aromatic carbocycles. The summed E-state index contributed by atoms with van der Waals surface area (Å²) in [6, 6.07) is 16.6. The Hall–Kier alpha value is -2.66. The van der Waals surface area contributed by atoms with E-state index in [1.54, 1.807) is 31.2 Å². The number of esters is 1. The van der Waals surface area contributed by atoms with E-state index in [1.807, 2.05) is 30.3 Å². The van der Waals surface area contributed by atoms with E-state index in [0.717, 1.165) is 5.56 Å². The number of amides is 1. The minimum Gasteiger partial charge on any atom is -0.462 e. The summed E-state index contributed by atoms with van der Waals surface area (Å²) in [5.74, 6) is -0.654. The number of rotatable bonds is 7. The van der Waals surface area contributed by atoms with Crippen LogP contribution in [0.25, 0.3) is 0 Å². The van der Waals surface area contributed by atoms with Gasteiger partial charge in [0.2, 0.25) is 5.91 Å². The molecule has 0 unspecified atom stereocenters. The van der Waals surface area contributed by atoms with Gasteiger partial charge in [-0.05, 0) is 24.6 Å². The molecule has 0 heterocycles. The zero-order valence-corrected chi connectivity index (χ0v) is 13.0. The van der Waals surface area contributed by atoms with Gasteiger partial charge in [-0.3, -0.25) is 4.79 Å². The summed E-state index contributed by atoms with van der Waals surface area (Å²) in [5, 5.41) is 5.80. The third-order valence-corrected chi connectivity index (χ3v) is 3.15. The summed E-state index contributed by atoms with van der Waals surface area (Å²) < 4.78 is 4.98. The van der Waals surface area contributed by atoms with Crippen LogP contribution in [0, 0.1) is 0 Å². The molecule has 2 rings (SSSR count). The molecule has 0 spiro atoms. The Kier molecular flexibility index (Phi) is 6.32. The van der Waals surface area contributed by atoms with Crippen LogP contribution in [0.3, 0.4) is 0 Å². The number of nitrogens with one attached hydrogen (secondary N) is 2. The largest absolute Gasteiger partial charge is 0.462 e. The molecule has 120 valence electrons. The van der Waals surface area contributed by atoms with Crippen LogP contribution in [0.4, 0.5) is 5.69 Å². The van der Waals surface area contributed by atoms with Gasteiger partial charge >= 0.3 is 5.97 Å². The van der Waals surface area contributed by atoms with E-state index in [-0.39, 0.29) is 12.5 Å². The Balaban J connectivity index is 1.89. The highest BCUT2D eigenvalue weighted by atomic mass is 16.5. The fraction of sp³-hybridized carbons (Fsp3) is 0.222. The van der Waals surface area contributed by atoms with Crippen molar-refractivity contribution in [3.05, 3.63) is 65.7 Å². The zero-order valence-electron chi connectivity index (χ0n) is 13.0. The van der Waals surface area contributed by atoms with E-state index in [1.165, 1.54) is 0 Å². The number of benzene rings is 2. The standard InChI is InChI=1S/C18H20N2O3/c1-2-23-18(22)15-10-6-7-11-16(15)20-17(21)13-19-12-14-8-4-3-5-9-14/h3-11,19H,2,12-13H2,1H3,(H,20,21). The molecule has 0 aromatic heterocycles. The first-order valence-corrected chi connectivity index (χ1v) is 7.51. The number of para-hydroxylation sites is 1. The third kappa shape index (κ3) is 5.23. The second kappa shape index (κ2) is 8.70. The van der Waals surface area contributed by atoms with Crippen LogP contribution < -0.4 is 10.6 Å². The second-order valence-corrected chi connectivity index (χ2v) is 4.90. The Labute approximate surface area is 135 Å². The van der Waals surface area contributed by atoms with E-state index in [4.69, 9.17) is 4.74 Å². The first-order chi connectivity index (χ1) is 11.2. The van der Waals surface area contributed by atoms with Crippen LogP contribution in [0.2, 0.25) is 0 Å². The summed E-state index contributed by atoms with van der Waals surface area (Å²) >= 11 is 0. The summed E-state index contributed by atoms with van der Waals surface area (Å²) in [5.41, 5.74) is 1.91. The van der Waals surface area contributed by atoms with E-state index >= 15 is 0 Å². The maximum absolute atomic E-state index is 12.0. The van der Waals surface area contributed by atoms with Gasteiger partial charge < -0.3 is 15.4 Å². The van der Waals surface area contributed by atoms with Crippen LogP contribution in [-0.2, 0) is 16.1 Å². The second-order valence-electron chi connectivity index (χ2n) is 4.90. The van der Waals surface area contributed by atoms with Crippen LogP contribution in [0.1, 0.15) is 22.8 Å². The fourth-order valence-corrected chi connectivity index (χ4v) is 2.09. The molecule has 0 radical (unpaired) electrons. The lowest BCUT2D eigenvalue weighted by atomic mass is 10.2. The highest BCUT2D eigenvalue weighted by Gasteiger charge is 2.13. The summed E-state index contributed by atoms with van der Waals surface area (Å²) in [4.78, 5) is 23.9. The molecule has 0 atom stereocenters. The van der Waals surface area contributed by atoms with Gasteiger partial charge in [0, 0.05) is 6.54 Å². The molecule has 5 nitrogen and oxygen atoms in total. The van der Waals surface area contributed by atoms with Gasteiger partial charge in [0.1, 0.15) is 0 Å². The lowest BCUT2D eigenvalue weighted by Crippen LogP contribution is -2.28. The van der Waals surface area contributed by atoms with Gasteiger partial charge in [-0.2, -0.15) is 0 Å². The SMILES string of the molecule is CCOC(=O)c1ccccc1NC(=O)CNCc1ccccc1. The number of ether oxygens (including phenoxy) is 1. The van der Waals surface area contributed by atoms with Crippen molar-refractivity contribution in [2.24, 2.45) is 0 Å². The smallest absolute Gasteiger partial charge is 0.340 e. The first-order valence-electron chi connectivity index (χ1n) is 7.51. The molecule has 0 saturated heterocycles. The summed E-state index contributed by atoms with van der Waals surface area (Å²) in [6.45, 7) is 2.80. The van der Waals surface area contributed by atoms with Crippen molar-refractivity contribution < 1.29 is 14.3 Å². The van der Waals surface area contributed by atoms with Gasteiger partial charge in [0.05, 0.1) is 24.4 Å². The van der Waals surface area contributed by atoms with E-state index in [0.29, 0.717) is 24.4 Å². The zero-order chi connectivity index (χ0) is 16.5. The van der Waals surface area contributed by atoms with Crippen molar-refractivity contribution in [1.82, 2.24) is 5.32 Å². The Bertz CT molecular complexity index is 656. The summed E-state index contributed by atoms with van der Waals surface area (Å²) in [6.07, 6.45) is 0. The first kappa shape index (κ1) is 16.7. The van der Waals surface area contributed by atoms with Crippen LogP contribution in [0.5, 0.6) is 0 Å². The van der Waals surface area contributed by atoms with Crippen molar-refractivity contribution in [2.75, 3.05) is 18.5 Å². The normalized spacial score (nSPS) is 10.1. The van der Waals surface area contributed by atoms with Crippen LogP contribution in [0.15, 0.2) is 54.6 Å². The van der Waals surface area contributed by atoms with Crippen molar-refractivity contribution in [1.29, 1.82) is 0 Å². The van der Waals surface area contributed by atoms with Crippen molar-refractivity contribution in [2.45, 2.75) is 13.5 Å². The lowest BCUT2D eigenvalue weighted by molar-refractivity contribution is -0.115. The van der Waals surface area contributed by atoms with Gasteiger partial charge in [0.15, 0.2) is 0 Å². The van der Waals surface area contributed by atoms with Gasteiger partial charge in [0.25, 0.3) is 0 Å². The van der Waals surface area contributed by atoms with Crippen LogP contribution in [-0.4, -0.2) is 25.0 Å². The topological polar surface area (TPSA) is 67.4 Å². The third-order valence-electron chi connectivity index (χ3n) is 3.15. The van der Waals surface area contributed by atoms with E-state index in [2.05, 4.69) is 10.6 Å². The quantitative estimate of drug-likeness (QED) is 0.771. The number of carbonyl (C=O) groups is 2. The molecule has 0 saturated carbocycles. The molecule has 0 fully saturated rings. The van der Waals surface area contributed by atoms with E-state index in [9.17, 15) is 9.59 Å². The predicted molar refractivity (Wildman–Crippen MR) is 89.2 cm³/mol. The van der Waals surface area contributed by atoms with Gasteiger partial charge in [-0.25, -0.2) is 4.79 Å². The molecule has 0 aliphatic carbocycles. The average Bonchev–Trinajstić information content (AvgIpc) is 2.56. The lowest BCUT2D eigenvalue weighted by Gasteiger charge is -2.11. The number of hydrogen-bond donors (Lipinski definition) is 2. The monoisotopic (exact) mass is 312 g/mol. The Morgan fingerprint density at radius 2 is 1.70 bits per heavy atom. The highest BCUT2D eigenvalue weighted by Crippen LogP contribution is 2.16. The van der Waals surface area contributed by atoms with Crippen molar-refractivity contribution in [3.8, 4) is 0 Å². The molecule has 23 heavy (non-hydrogen) atoms. The van der Waals surface area contributed by atoms with Gasteiger partial charge in [-0.15, -0.1) is 0 Å². The molecule has 1 amide bonds. The molecule has 2 N–H and O–H groups in total. The maximum Gasteiger partial charge on any atom is 0.340 e. The molecular formula is C18H20N2O3. The predicted octanol–water partition coefficient (Wildman–Crippen LogP) is 2.59. The Morgan fingerprint density at radius 1 is 1.00 bits per heavy atom. The van der Waals surface area contributed by atoms with Crippen LogP contribution >= 0.6 is 0 Å². The minimum atomic E-state index is -0.444. The number of hydrogen-bond acceptors (Lipinski definition) is 4. The molecule has 5 heteroatoms. The van der Waals surface area contributed by atoms with Gasteiger partial charge in [-0.1, -0.05) is 42.5 Å². The molecule has 0 bridgehead atoms. The molecular weight excluding hydrogens is 292 g/mol.